The fourth-order valence-corrected chi connectivity index (χ4v) is 2.63. The van der Waals surface area contributed by atoms with Crippen LogP contribution in [0.1, 0.15) is 18.9 Å². The molecule has 1 aromatic carbocycles. The molecule has 0 aliphatic heterocycles. The quantitative estimate of drug-likeness (QED) is 0.570. The molecule has 0 bridgehead atoms. The number of hydrogen-bond donors (Lipinski definition) is 2. The molecule has 2 heterocycles. The number of aromatic nitrogens is 4. The SMILES string of the molecule is Nc1c(-c2cnn(C3CC3)c2)nc(-c2ccc(Cl)cc2)c[n+]1N. The van der Waals surface area contributed by atoms with E-state index in [0.29, 0.717) is 22.6 Å². The molecule has 7 heteroatoms. The minimum absolute atomic E-state index is 0.401. The molecule has 0 atom stereocenters. The third-order valence-corrected chi connectivity index (χ3v) is 4.20. The Morgan fingerprint density at radius 1 is 1.17 bits per heavy atom. The third kappa shape index (κ3) is 2.61. The van der Waals surface area contributed by atoms with Gasteiger partial charge in [-0.15, -0.1) is 4.68 Å². The Morgan fingerprint density at radius 3 is 2.61 bits per heavy atom. The van der Waals surface area contributed by atoms with Gasteiger partial charge in [-0.05, 0) is 25.0 Å². The highest BCUT2D eigenvalue weighted by atomic mass is 35.5. The second kappa shape index (κ2) is 5.24. The van der Waals surface area contributed by atoms with Crippen molar-refractivity contribution in [2.24, 2.45) is 0 Å². The monoisotopic (exact) mass is 327 g/mol. The normalized spacial score (nSPS) is 14.1. The summed E-state index contributed by atoms with van der Waals surface area (Å²) in [5, 5.41) is 5.07. The van der Waals surface area contributed by atoms with Crippen LogP contribution in [-0.4, -0.2) is 14.8 Å². The van der Waals surface area contributed by atoms with Crippen molar-refractivity contribution in [1.29, 1.82) is 0 Å². The molecule has 1 aliphatic rings. The van der Waals surface area contributed by atoms with E-state index in [1.54, 1.807) is 12.4 Å². The highest BCUT2D eigenvalue weighted by Gasteiger charge is 2.26. The largest absolute Gasteiger partial charge is 0.322 e. The van der Waals surface area contributed by atoms with Crippen LogP contribution in [0.2, 0.25) is 5.02 Å². The maximum absolute atomic E-state index is 6.10. The zero-order chi connectivity index (χ0) is 16.0. The molecule has 1 aliphatic carbocycles. The van der Waals surface area contributed by atoms with Crippen LogP contribution in [0.5, 0.6) is 0 Å². The summed E-state index contributed by atoms with van der Waals surface area (Å²) in [7, 11) is 0. The molecular weight excluding hydrogens is 312 g/mol. The molecule has 6 nitrogen and oxygen atoms in total. The molecule has 0 amide bonds. The van der Waals surface area contributed by atoms with Crippen molar-refractivity contribution in [3.8, 4) is 22.5 Å². The molecule has 1 saturated carbocycles. The molecule has 0 radical (unpaired) electrons. The maximum Gasteiger partial charge on any atom is 0.322 e. The molecule has 4 rings (SSSR count). The van der Waals surface area contributed by atoms with Gasteiger partial charge in [0.2, 0.25) is 0 Å². The average molecular weight is 328 g/mol. The third-order valence-electron chi connectivity index (χ3n) is 3.95. The van der Waals surface area contributed by atoms with E-state index in [1.807, 2.05) is 35.1 Å². The summed E-state index contributed by atoms with van der Waals surface area (Å²) in [5.41, 5.74) is 9.25. The van der Waals surface area contributed by atoms with E-state index >= 15 is 0 Å². The van der Waals surface area contributed by atoms with E-state index in [2.05, 4.69) is 10.1 Å². The Kier molecular flexibility index (Phi) is 3.20. The second-order valence-electron chi connectivity index (χ2n) is 5.71. The molecule has 0 saturated heterocycles. The Bertz CT molecular complexity index is 867. The lowest BCUT2D eigenvalue weighted by molar-refractivity contribution is -0.623. The molecule has 2 aromatic heterocycles. The van der Waals surface area contributed by atoms with Gasteiger partial charge < -0.3 is 0 Å². The molecule has 23 heavy (non-hydrogen) atoms. The molecule has 4 N–H and O–H groups in total. The van der Waals surface area contributed by atoms with E-state index in [1.165, 1.54) is 17.5 Å². The van der Waals surface area contributed by atoms with Crippen LogP contribution in [0, 0.1) is 0 Å². The number of benzene rings is 1. The summed E-state index contributed by atoms with van der Waals surface area (Å²) < 4.78 is 3.35. The fourth-order valence-electron chi connectivity index (χ4n) is 2.50. The van der Waals surface area contributed by atoms with Gasteiger partial charge in [-0.3, -0.25) is 16.3 Å². The molecule has 1 fully saturated rings. The van der Waals surface area contributed by atoms with E-state index in [-0.39, 0.29) is 0 Å². The van der Waals surface area contributed by atoms with Crippen LogP contribution in [0.3, 0.4) is 0 Å². The van der Waals surface area contributed by atoms with Crippen molar-refractivity contribution in [3.63, 3.8) is 0 Å². The summed E-state index contributed by atoms with van der Waals surface area (Å²) in [6.07, 6.45) is 7.80. The number of hydrogen-bond acceptors (Lipinski definition) is 4. The van der Waals surface area contributed by atoms with E-state index < -0.39 is 0 Å². The minimum Gasteiger partial charge on any atom is -0.283 e. The summed E-state index contributed by atoms with van der Waals surface area (Å²) in [4.78, 5) is 4.67. The first-order chi connectivity index (χ1) is 11.1. The van der Waals surface area contributed by atoms with Gasteiger partial charge >= 0.3 is 5.82 Å². The number of nitrogens with two attached hydrogens (primary N) is 2. The lowest BCUT2D eigenvalue weighted by Crippen LogP contribution is -2.47. The lowest BCUT2D eigenvalue weighted by Gasteiger charge is -2.06. The van der Waals surface area contributed by atoms with Gasteiger partial charge in [0.15, 0.2) is 5.69 Å². The Hall–Kier alpha value is -2.60. The number of anilines is 1. The smallest absolute Gasteiger partial charge is 0.283 e. The zero-order valence-corrected chi connectivity index (χ0v) is 13.1. The van der Waals surface area contributed by atoms with E-state index in [4.69, 9.17) is 23.2 Å². The summed E-state index contributed by atoms with van der Waals surface area (Å²) >= 11 is 5.94. The van der Waals surface area contributed by atoms with Gasteiger partial charge in [0.05, 0.1) is 12.2 Å². The molecular formula is C16H16ClN6+. The topological polar surface area (TPSA) is 86.6 Å². The molecule has 116 valence electrons. The molecule has 3 aromatic rings. The molecule has 0 spiro atoms. The summed E-state index contributed by atoms with van der Waals surface area (Å²) in [5.74, 6) is 6.40. The maximum atomic E-state index is 6.10. The number of halogens is 1. The van der Waals surface area contributed by atoms with E-state index in [0.717, 1.165) is 16.8 Å². The minimum atomic E-state index is 0.401. The average Bonchev–Trinajstić information content (AvgIpc) is 3.28. The highest BCUT2D eigenvalue weighted by molar-refractivity contribution is 6.30. The first-order valence-corrected chi connectivity index (χ1v) is 7.77. The van der Waals surface area contributed by atoms with Gasteiger partial charge in [0.1, 0.15) is 11.9 Å². The Morgan fingerprint density at radius 2 is 1.91 bits per heavy atom. The van der Waals surface area contributed by atoms with Gasteiger partial charge in [0, 0.05) is 22.3 Å². The van der Waals surface area contributed by atoms with Crippen molar-refractivity contribution >= 4 is 17.4 Å². The van der Waals surface area contributed by atoms with Crippen molar-refractivity contribution in [3.05, 3.63) is 47.9 Å². The van der Waals surface area contributed by atoms with Crippen LogP contribution >= 0.6 is 11.6 Å². The predicted molar refractivity (Wildman–Crippen MR) is 88.9 cm³/mol. The highest BCUT2D eigenvalue weighted by Crippen LogP contribution is 2.35. The first-order valence-electron chi connectivity index (χ1n) is 7.39. The van der Waals surface area contributed by atoms with Gasteiger partial charge in [0.25, 0.3) is 0 Å². The van der Waals surface area contributed by atoms with Crippen molar-refractivity contribution in [2.45, 2.75) is 18.9 Å². The van der Waals surface area contributed by atoms with Crippen LogP contribution in [-0.2, 0) is 0 Å². The Labute approximate surface area is 138 Å². The van der Waals surface area contributed by atoms with Gasteiger partial charge in [-0.25, -0.2) is 4.98 Å². The number of rotatable bonds is 3. The van der Waals surface area contributed by atoms with Crippen molar-refractivity contribution in [2.75, 3.05) is 11.6 Å². The number of nitrogen functional groups attached to an aromatic ring is 2. The second-order valence-corrected chi connectivity index (χ2v) is 6.15. The number of nitrogens with zero attached hydrogens (tertiary/aromatic N) is 4. The lowest BCUT2D eigenvalue weighted by atomic mass is 10.1. The van der Waals surface area contributed by atoms with Crippen LogP contribution in [0.25, 0.3) is 22.5 Å². The van der Waals surface area contributed by atoms with Crippen LogP contribution < -0.4 is 16.3 Å². The van der Waals surface area contributed by atoms with Gasteiger partial charge in [-0.2, -0.15) is 5.10 Å². The first kappa shape index (κ1) is 14.0. The Balaban J connectivity index is 1.80. The van der Waals surface area contributed by atoms with Crippen LogP contribution in [0.15, 0.2) is 42.9 Å². The summed E-state index contributed by atoms with van der Waals surface area (Å²) in [6.45, 7) is 0. The van der Waals surface area contributed by atoms with Crippen molar-refractivity contribution in [1.82, 2.24) is 14.8 Å². The summed E-state index contributed by atoms with van der Waals surface area (Å²) in [6, 6.07) is 7.95. The zero-order valence-electron chi connectivity index (χ0n) is 12.4. The predicted octanol–water partition coefficient (Wildman–Crippen LogP) is 2.18. The fraction of sp³-hybridized carbons (Fsp3) is 0.188. The van der Waals surface area contributed by atoms with E-state index in [9.17, 15) is 0 Å². The molecule has 0 unspecified atom stereocenters. The standard InChI is InChI=1S/C16H15ClN6/c17-12-3-1-10(2-4-12)14-9-22(19)16(18)15(21-14)11-7-20-23(8-11)13-5-6-13/h1-4,7-9,13,18H,5-6,19H2/p+1. The van der Waals surface area contributed by atoms with Crippen molar-refractivity contribution < 1.29 is 4.68 Å². The van der Waals surface area contributed by atoms with Gasteiger partial charge in [-0.1, -0.05) is 23.7 Å². The van der Waals surface area contributed by atoms with Crippen LogP contribution in [0.4, 0.5) is 5.82 Å².